The van der Waals surface area contributed by atoms with Gasteiger partial charge in [0.15, 0.2) is 10.8 Å². The number of hydrogen-bond donors (Lipinski definition) is 3. The molecule has 31 heavy (non-hydrogen) atoms. The third-order valence-corrected chi connectivity index (χ3v) is 7.68. The second-order valence-electron chi connectivity index (χ2n) is 6.90. The zero-order chi connectivity index (χ0) is 22.4. The summed E-state index contributed by atoms with van der Waals surface area (Å²) in [5, 5.41) is 16.1. The minimum absolute atomic E-state index is 0.171. The standard InChI is InChI=1S/C21H25BrN2O6S/c1-3-29-18-17(22)19(31(30-12-16(25)26)20(18)21(27)28-2)13-5-4-6-15(11-13)24-14-7-9-23-10-8-14/h4-6,11,14,23-24H,3,7-10,12H2,1-2H3/p+1. The van der Waals surface area contributed by atoms with Crippen molar-refractivity contribution in [1.29, 1.82) is 0 Å². The van der Waals surface area contributed by atoms with Crippen molar-refractivity contribution in [1.82, 2.24) is 5.32 Å². The lowest BCUT2D eigenvalue weighted by Gasteiger charge is -2.24. The van der Waals surface area contributed by atoms with Crippen molar-refractivity contribution < 1.29 is 28.4 Å². The fourth-order valence-electron chi connectivity index (χ4n) is 3.42. The number of methoxy groups -OCH3 is 1. The van der Waals surface area contributed by atoms with E-state index in [0.717, 1.165) is 37.2 Å². The summed E-state index contributed by atoms with van der Waals surface area (Å²) >= 11 is 3.56. The van der Waals surface area contributed by atoms with Gasteiger partial charge in [-0.15, -0.1) is 4.18 Å². The van der Waals surface area contributed by atoms with Gasteiger partial charge in [0.1, 0.15) is 4.47 Å². The fraction of sp³-hybridized carbons (Fsp3) is 0.429. The molecule has 1 unspecified atom stereocenters. The Kier molecular flexibility index (Phi) is 8.30. The predicted octanol–water partition coefficient (Wildman–Crippen LogP) is 3.73. The molecular formula is C21H26BrN2O6S+. The summed E-state index contributed by atoms with van der Waals surface area (Å²) in [4.78, 5) is 24.6. The van der Waals surface area contributed by atoms with E-state index in [-0.39, 0.29) is 4.88 Å². The van der Waals surface area contributed by atoms with Crippen molar-refractivity contribution in [3.63, 3.8) is 0 Å². The van der Waals surface area contributed by atoms with Crippen LogP contribution in [0.2, 0.25) is 0 Å². The van der Waals surface area contributed by atoms with Crippen LogP contribution < -0.4 is 19.6 Å². The van der Waals surface area contributed by atoms with Gasteiger partial charge in [0.05, 0.1) is 13.7 Å². The number of benzene rings is 1. The summed E-state index contributed by atoms with van der Waals surface area (Å²) in [5.74, 6) is -1.43. The Morgan fingerprint density at radius 1 is 1.32 bits per heavy atom. The van der Waals surface area contributed by atoms with Gasteiger partial charge in [-0.1, -0.05) is 6.07 Å². The first-order valence-electron chi connectivity index (χ1n) is 9.98. The van der Waals surface area contributed by atoms with Gasteiger partial charge in [0.25, 0.3) is 0 Å². The SMILES string of the molecule is CCOc1c(Br)c(-c2cccc(NC3CCNCC3)c2)[s+](OCC(=O)O)c1C(=O)OC. The summed E-state index contributed by atoms with van der Waals surface area (Å²) in [6.07, 6.45) is 2.07. The number of carboxylic acids is 1. The maximum Gasteiger partial charge on any atom is 0.398 e. The quantitative estimate of drug-likeness (QED) is 0.344. The van der Waals surface area contributed by atoms with Crippen molar-refractivity contribution in [2.75, 3.05) is 38.7 Å². The average Bonchev–Trinajstić information content (AvgIpc) is 3.04. The van der Waals surface area contributed by atoms with Gasteiger partial charge in [-0.2, -0.15) is 0 Å². The monoisotopic (exact) mass is 513 g/mol. The maximum atomic E-state index is 12.6. The minimum Gasteiger partial charge on any atom is -0.487 e. The molecule has 3 N–H and O–H groups in total. The van der Waals surface area contributed by atoms with Crippen LogP contribution in [0.3, 0.4) is 0 Å². The number of ether oxygens (including phenoxy) is 2. The highest BCUT2D eigenvalue weighted by molar-refractivity contribution is 9.10. The molecule has 0 saturated carbocycles. The third-order valence-electron chi connectivity index (χ3n) is 4.77. The molecule has 1 aromatic heterocycles. The van der Waals surface area contributed by atoms with Crippen molar-refractivity contribution >= 4 is 44.3 Å². The van der Waals surface area contributed by atoms with Crippen molar-refractivity contribution in [3.05, 3.63) is 33.6 Å². The van der Waals surface area contributed by atoms with Crippen molar-refractivity contribution in [2.45, 2.75) is 25.8 Å². The van der Waals surface area contributed by atoms with E-state index >= 15 is 0 Å². The molecule has 10 heteroatoms. The zero-order valence-electron chi connectivity index (χ0n) is 17.4. The normalized spacial score (nSPS) is 14.9. The number of hydrogen-bond acceptors (Lipinski definition) is 7. The predicted molar refractivity (Wildman–Crippen MR) is 123 cm³/mol. The number of carbonyl (C=O) groups is 2. The van der Waals surface area contributed by atoms with E-state index in [1.54, 1.807) is 6.92 Å². The molecule has 0 spiro atoms. The first-order chi connectivity index (χ1) is 15.0. The molecule has 1 aromatic carbocycles. The average molecular weight is 514 g/mol. The number of halogens is 1. The Hall–Kier alpha value is -2.14. The number of esters is 1. The second-order valence-corrected chi connectivity index (χ2v) is 9.28. The van der Waals surface area contributed by atoms with Gasteiger partial charge >= 0.3 is 16.8 Å². The van der Waals surface area contributed by atoms with Crippen LogP contribution in [0.5, 0.6) is 5.75 Å². The van der Waals surface area contributed by atoms with Crippen LogP contribution in [0, 0.1) is 0 Å². The van der Waals surface area contributed by atoms with Crippen LogP contribution in [0.25, 0.3) is 10.4 Å². The molecule has 0 bridgehead atoms. The Morgan fingerprint density at radius 3 is 2.71 bits per heavy atom. The van der Waals surface area contributed by atoms with Crippen LogP contribution in [-0.2, 0) is 9.53 Å². The first kappa shape index (κ1) is 23.5. The van der Waals surface area contributed by atoms with E-state index in [9.17, 15) is 9.59 Å². The van der Waals surface area contributed by atoms with Gasteiger partial charge in [-0.25, -0.2) is 9.59 Å². The molecule has 2 heterocycles. The van der Waals surface area contributed by atoms with Gasteiger partial charge in [-0.05, 0) is 67.0 Å². The highest BCUT2D eigenvalue weighted by Crippen LogP contribution is 2.52. The summed E-state index contributed by atoms with van der Waals surface area (Å²) in [6, 6.07) is 8.16. The number of rotatable bonds is 9. The fourth-order valence-corrected chi connectivity index (χ4v) is 6.35. The van der Waals surface area contributed by atoms with E-state index < -0.39 is 29.3 Å². The lowest BCUT2D eigenvalue weighted by molar-refractivity contribution is -0.138. The molecule has 0 aliphatic carbocycles. The molecule has 0 amide bonds. The Morgan fingerprint density at radius 2 is 2.06 bits per heavy atom. The van der Waals surface area contributed by atoms with Crippen LogP contribution in [0.1, 0.15) is 29.4 Å². The minimum atomic E-state index is -1.29. The van der Waals surface area contributed by atoms with E-state index in [1.165, 1.54) is 7.11 Å². The zero-order valence-corrected chi connectivity index (χ0v) is 19.8. The molecular weight excluding hydrogens is 488 g/mol. The van der Waals surface area contributed by atoms with Crippen molar-refractivity contribution in [2.24, 2.45) is 0 Å². The highest BCUT2D eigenvalue weighted by Gasteiger charge is 2.41. The van der Waals surface area contributed by atoms with Gasteiger partial charge < -0.3 is 25.2 Å². The first-order valence-corrected chi connectivity index (χ1v) is 11.9. The van der Waals surface area contributed by atoms with E-state index in [4.69, 9.17) is 18.8 Å². The Balaban J connectivity index is 2.07. The number of carbonyl (C=O) groups excluding carboxylic acids is 1. The number of nitrogens with one attached hydrogen (secondary N) is 2. The molecule has 0 radical (unpaired) electrons. The Labute approximate surface area is 192 Å². The highest BCUT2D eigenvalue weighted by atomic mass is 79.9. The van der Waals surface area contributed by atoms with Crippen molar-refractivity contribution in [3.8, 4) is 16.2 Å². The number of thiophene rings is 1. The lowest BCUT2D eigenvalue weighted by atomic mass is 10.1. The number of carboxylic acid groups (broad SMARTS) is 1. The lowest BCUT2D eigenvalue weighted by Crippen LogP contribution is -2.35. The summed E-state index contributed by atoms with van der Waals surface area (Å²) < 4.78 is 16.9. The molecule has 3 rings (SSSR count). The second kappa shape index (κ2) is 10.9. The summed E-state index contributed by atoms with van der Waals surface area (Å²) in [5.41, 5.74) is 1.75. The summed E-state index contributed by atoms with van der Waals surface area (Å²) in [7, 11) is -0.0158. The van der Waals surface area contributed by atoms with Gasteiger partial charge in [0.2, 0.25) is 17.2 Å². The topological polar surface area (TPSA) is 106 Å². The summed E-state index contributed by atoms with van der Waals surface area (Å²) in [6.45, 7) is 3.53. The van der Waals surface area contributed by atoms with Crippen LogP contribution in [0.4, 0.5) is 5.69 Å². The molecule has 1 aliphatic rings. The van der Waals surface area contributed by atoms with E-state index in [2.05, 4.69) is 26.6 Å². The smallest absolute Gasteiger partial charge is 0.398 e. The van der Waals surface area contributed by atoms with E-state index in [1.807, 2.05) is 24.3 Å². The number of piperidine rings is 1. The molecule has 168 valence electrons. The van der Waals surface area contributed by atoms with Crippen LogP contribution in [-0.4, -0.2) is 56.5 Å². The third kappa shape index (κ3) is 5.57. The maximum absolute atomic E-state index is 12.6. The largest absolute Gasteiger partial charge is 0.487 e. The van der Waals surface area contributed by atoms with E-state index in [0.29, 0.717) is 27.7 Å². The number of anilines is 1. The van der Waals surface area contributed by atoms with Crippen LogP contribution >= 0.6 is 26.7 Å². The molecule has 1 atom stereocenters. The molecule has 8 nitrogen and oxygen atoms in total. The molecule has 1 aliphatic heterocycles. The molecule has 1 saturated heterocycles. The van der Waals surface area contributed by atoms with Gasteiger partial charge in [0, 0.05) is 17.3 Å². The van der Waals surface area contributed by atoms with Crippen LogP contribution in [0.15, 0.2) is 28.7 Å². The molecule has 1 fully saturated rings. The Bertz CT molecular complexity index is 942. The number of aliphatic carboxylic acids is 1. The molecule has 2 aromatic rings. The van der Waals surface area contributed by atoms with Gasteiger partial charge in [-0.3, -0.25) is 0 Å².